The van der Waals surface area contributed by atoms with Gasteiger partial charge in [0, 0.05) is 30.1 Å². The highest BCUT2D eigenvalue weighted by molar-refractivity contribution is 7.89. The standard InChI is InChI=1S/C19H25N3O3S/c1-14-6-8-19(9-7-14)26(23,24)21-20-12-17-11-15(2)22(16(17)3)13-18-5-4-10-25-18/h6-9,11-12,18,21H,4-5,10,13H2,1-3H3/b20-12-/t18-/m0/s1. The maximum atomic E-state index is 12.3. The fourth-order valence-corrected chi connectivity index (χ4v) is 3.96. The number of rotatable bonds is 6. The molecule has 1 fully saturated rings. The minimum atomic E-state index is -3.66. The zero-order chi connectivity index (χ0) is 18.7. The van der Waals surface area contributed by atoms with Gasteiger partial charge >= 0.3 is 0 Å². The number of hydrazone groups is 1. The first-order valence-electron chi connectivity index (χ1n) is 8.77. The third-order valence-corrected chi connectivity index (χ3v) is 5.97. The van der Waals surface area contributed by atoms with E-state index in [4.69, 9.17) is 4.74 Å². The molecule has 0 saturated carbocycles. The number of ether oxygens (including phenoxy) is 1. The summed E-state index contributed by atoms with van der Waals surface area (Å²) in [6.45, 7) is 7.61. The summed E-state index contributed by atoms with van der Waals surface area (Å²) < 4.78 is 32.5. The molecule has 1 atom stereocenters. The van der Waals surface area contributed by atoms with E-state index in [1.54, 1.807) is 30.5 Å². The molecule has 0 aliphatic carbocycles. The molecular weight excluding hydrogens is 350 g/mol. The van der Waals surface area contributed by atoms with E-state index in [1.807, 2.05) is 26.8 Å². The smallest absolute Gasteiger partial charge is 0.276 e. The normalized spacial score (nSPS) is 17.9. The predicted molar refractivity (Wildman–Crippen MR) is 102 cm³/mol. The summed E-state index contributed by atoms with van der Waals surface area (Å²) >= 11 is 0. The fraction of sp³-hybridized carbons (Fsp3) is 0.421. The van der Waals surface area contributed by atoms with E-state index in [2.05, 4.69) is 14.5 Å². The van der Waals surface area contributed by atoms with E-state index in [0.717, 1.165) is 48.5 Å². The zero-order valence-electron chi connectivity index (χ0n) is 15.4. The highest BCUT2D eigenvalue weighted by Crippen LogP contribution is 2.19. The van der Waals surface area contributed by atoms with E-state index in [9.17, 15) is 8.42 Å². The minimum absolute atomic E-state index is 0.198. The van der Waals surface area contributed by atoms with Crippen molar-refractivity contribution in [2.45, 2.75) is 51.2 Å². The summed E-state index contributed by atoms with van der Waals surface area (Å²) in [6.07, 6.45) is 4.00. The van der Waals surface area contributed by atoms with Crippen molar-refractivity contribution in [3.8, 4) is 0 Å². The second-order valence-corrected chi connectivity index (χ2v) is 8.40. The maximum Gasteiger partial charge on any atom is 0.276 e. The molecule has 0 radical (unpaired) electrons. The summed E-state index contributed by atoms with van der Waals surface area (Å²) in [5, 5.41) is 3.95. The van der Waals surface area contributed by atoms with Crippen molar-refractivity contribution in [1.82, 2.24) is 9.40 Å². The van der Waals surface area contributed by atoms with Crippen molar-refractivity contribution >= 4 is 16.2 Å². The van der Waals surface area contributed by atoms with Crippen LogP contribution in [-0.4, -0.2) is 31.9 Å². The van der Waals surface area contributed by atoms with Gasteiger partial charge in [-0.2, -0.15) is 13.5 Å². The molecule has 140 valence electrons. The average molecular weight is 375 g/mol. The molecule has 26 heavy (non-hydrogen) atoms. The molecule has 1 aliphatic rings. The molecule has 1 aliphatic heterocycles. The summed E-state index contributed by atoms with van der Waals surface area (Å²) in [4.78, 5) is 2.48. The van der Waals surface area contributed by atoms with E-state index in [-0.39, 0.29) is 11.0 Å². The average Bonchev–Trinajstić information content (AvgIpc) is 3.19. The van der Waals surface area contributed by atoms with Crippen LogP contribution in [0.25, 0.3) is 0 Å². The van der Waals surface area contributed by atoms with Gasteiger partial charge in [0.25, 0.3) is 10.0 Å². The molecule has 0 bridgehead atoms. The van der Waals surface area contributed by atoms with Gasteiger partial charge in [-0.1, -0.05) is 17.7 Å². The van der Waals surface area contributed by atoms with Gasteiger partial charge in [0.15, 0.2) is 0 Å². The van der Waals surface area contributed by atoms with Gasteiger partial charge in [-0.25, -0.2) is 4.83 Å². The van der Waals surface area contributed by atoms with Crippen molar-refractivity contribution < 1.29 is 13.2 Å². The van der Waals surface area contributed by atoms with Gasteiger partial charge in [-0.15, -0.1) is 0 Å². The fourth-order valence-electron chi connectivity index (χ4n) is 3.17. The number of nitrogens with one attached hydrogen (secondary N) is 1. The van der Waals surface area contributed by atoms with Crippen LogP contribution in [0.1, 0.15) is 35.4 Å². The molecule has 1 saturated heterocycles. The van der Waals surface area contributed by atoms with Gasteiger partial charge < -0.3 is 9.30 Å². The molecule has 0 spiro atoms. The van der Waals surface area contributed by atoms with Crippen LogP contribution < -0.4 is 4.83 Å². The topological polar surface area (TPSA) is 72.7 Å². The second kappa shape index (κ2) is 7.63. The van der Waals surface area contributed by atoms with E-state index >= 15 is 0 Å². The zero-order valence-corrected chi connectivity index (χ0v) is 16.2. The summed E-state index contributed by atoms with van der Waals surface area (Å²) in [6, 6.07) is 8.67. The molecule has 2 heterocycles. The van der Waals surface area contributed by atoms with Crippen LogP contribution >= 0.6 is 0 Å². The van der Waals surface area contributed by atoms with Crippen molar-refractivity contribution in [3.05, 3.63) is 52.8 Å². The third-order valence-electron chi connectivity index (χ3n) is 4.73. The van der Waals surface area contributed by atoms with Crippen LogP contribution in [0.3, 0.4) is 0 Å². The Morgan fingerprint density at radius 3 is 2.65 bits per heavy atom. The Hall–Kier alpha value is -2.12. The molecular formula is C19H25N3O3S. The molecule has 6 nitrogen and oxygen atoms in total. The monoisotopic (exact) mass is 375 g/mol. The molecule has 3 rings (SSSR count). The molecule has 1 aromatic carbocycles. The minimum Gasteiger partial charge on any atom is -0.376 e. The Labute approximate surface area is 154 Å². The first kappa shape index (κ1) is 18.7. The van der Waals surface area contributed by atoms with Crippen LogP contribution in [0.5, 0.6) is 0 Å². The highest BCUT2D eigenvalue weighted by Gasteiger charge is 2.18. The highest BCUT2D eigenvalue weighted by atomic mass is 32.2. The number of aryl methyl sites for hydroxylation is 2. The number of hydrogen-bond donors (Lipinski definition) is 1. The molecule has 1 aromatic heterocycles. The van der Waals surface area contributed by atoms with Gasteiger partial charge in [0.05, 0.1) is 17.2 Å². The number of hydrogen-bond acceptors (Lipinski definition) is 4. The third kappa shape index (κ3) is 4.16. The molecule has 2 aromatic rings. The SMILES string of the molecule is Cc1ccc(S(=O)(=O)N/N=C\c2cc(C)n(C[C@@H]3CCCO3)c2C)cc1. The Balaban J connectivity index is 1.71. The molecule has 0 unspecified atom stereocenters. The molecule has 7 heteroatoms. The first-order chi connectivity index (χ1) is 12.4. The molecule has 1 N–H and O–H groups in total. The van der Waals surface area contributed by atoms with E-state index in [0.29, 0.717) is 0 Å². The van der Waals surface area contributed by atoms with Gasteiger partial charge in [-0.05, 0) is 51.8 Å². The van der Waals surface area contributed by atoms with Crippen LogP contribution in [-0.2, 0) is 21.3 Å². The van der Waals surface area contributed by atoms with E-state index in [1.165, 1.54) is 0 Å². The predicted octanol–water partition coefficient (Wildman–Crippen LogP) is 2.90. The quantitative estimate of drug-likeness (QED) is 0.623. The summed E-state index contributed by atoms with van der Waals surface area (Å²) in [7, 11) is -3.66. The van der Waals surface area contributed by atoms with Crippen LogP contribution in [0, 0.1) is 20.8 Å². The second-order valence-electron chi connectivity index (χ2n) is 6.74. The lowest BCUT2D eigenvalue weighted by Gasteiger charge is -2.14. The number of aromatic nitrogens is 1. The van der Waals surface area contributed by atoms with Gasteiger partial charge in [-0.3, -0.25) is 0 Å². The van der Waals surface area contributed by atoms with E-state index < -0.39 is 10.0 Å². The van der Waals surface area contributed by atoms with Crippen LogP contribution in [0.2, 0.25) is 0 Å². The van der Waals surface area contributed by atoms with Crippen molar-refractivity contribution in [1.29, 1.82) is 0 Å². The number of nitrogens with zero attached hydrogens (tertiary/aromatic N) is 2. The maximum absolute atomic E-state index is 12.3. The number of benzene rings is 1. The van der Waals surface area contributed by atoms with Crippen molar-refractivity contribution in [2.75, 3.05) is 6.61 Å². The van der Waals surface area contributed by atoms with Crippen LogP contribution in [0.4, 0.5) is 0 Å². The lowest BCUT2D eigenvalue weighted by molar-refractivity contribution is 0.0962. The Morgan fingerprint density at radius 1 is 1.27 bits per heavy atom. The van der Waals surface area contributed by atoms with Gasteiger partial charge in [0.2, 0.25) is 0 Å². The summed E-state index contributed by atoms with van der Waals surface area (Å²) in [5.74, 6) is 0. The lowest BCUT2D eigenvalue weighted by atomic mass is 10.2. The Morgan fingerprint density at radius 2 is 2.00 bits per heavy atom. The largest absolute Gasteiger partial charge is 0.376 e. The lowest BCUT2D eigenvalue weighted by Crippen LogP contribution is -2.18. The molecule has 0 amide bonds. The Kier molecular flexibility index (Phi) is 5.48. The Bertz CT molecular complexity index is 893. The van der Waals surface area contributed by atoms with Gasteiger partial charge in [0.1, 0.15) is 0 Å². The van der Waals surface area contributed by atoms with Crippen molar-refractivity contribution in [3.63, 3.8) is 0 Å². The first-order valence-corrected chi connectivity index (χ1v) is 10.2. The van der Waals surface area contributed by atoms with Crippen molar-refractivity contribution in [2.24, 2.45) is 5.10 Å². The summed E-state index contributed by atoms with van der Waals surface area (Å²) in [5.41, 5.74) is 4.07. The number of sulfonamides is 1. The van der Waals surface area contributed by atoms with Crippen LogP contribution in [0.15, 0.2) is 40.3 Å².